The summed E-state index contributed by atoms with van der Waals surface area (Å²) in [6.45, 7) is 1.46. The third-order valence-electron chi connectivity index (χ3n) is 2.63. The van der Waals surface area contributed by atoms with Gasteiger partial charge in [0.15, 0.2) is 0 Å². The number of carbonyl (C=O) groups is 1. The van der Waals surface area contributed by atoms with Crippen LogP contribution in [0.15, 0.2) is 10.6 Å². The smallest absolute Gasteiger partial charge is 0.304 e. The number of carboxylic acids is 1. The van der Waals surface area contributed by atoms with Crippen LogP contribution >= 0.6 is 23.2 Å². The fourth-order valence-electron chi connectivity index (χ4n) is 1.93. The topological polar surface area (TPSA) is 40.5 Å². The fourth-order valence-corrected chi connectivity index (χ4v) is 2.15. The van der Waals surface area contributed by atoms with E-state index in [1.807, 2.05) is 0 Å². The van der Waals surface area contributed by atoms with Crippen molar-refractivity contribution in [2.45, 2.75) is 31.7 Å². The van der Waals surface area contributed by atoms with Crippen molar-refractivity contribution in [2.24, 2.45) is 0 Å². The average molecular weight is 252 g/mol. The van der Waals surface area contributed by atoms with Gasteiger partial charge < -0.3 is 5.11 Å². The predicted molar refractivity (Wildman–Crippen MR) is 61.3 cm³/mol. The number of aliphatic carboxylic acids is 1. The fraction of sp³-hybridized carbons (Fsp3) is 0.700. The summed E-state index contributed by atoms with van der Waals surface area (Å²) in [6, 6.07) is 0.0987. The van der Waals surface area contributed by atoms with E-state index in [0.29, 0.717) is 11.6 Å². The monoisotopic (exact) mass is 251 g/mol. The Balaban J connectivity index is 2.53. The second kappa shape index (κ2) is 6.36. The zero-order valence-electron chi connectivity index (χ0n) is 8.46. The van der Waals surface area contributed by atoms with Gasteiger partial charge in [-0.2, -0.15) is 0 Å². The van der Waals surface area contributed by atoms with E-state index >= 15 is 0 Å². The highest BCUT2D eigenvalue weighted by Gasteiger charge is 2.24. The number of nitrogens with zero attached hydrogens (tertiary/aromatic N) is 1. The predicted octanol–water partition coefficient (Wildman–Crippen LogP) is 2.63. The molecule has 0 radical (unpaired) electrons. The second-order valence-electron chi connectivity index (χ2n) is 3.77. The number of likely N-dealkylation sites (tertiary alicyclic amines) is 1. The summed E-state index contributed by atoms with van der Waals surface area (Å²) in [6.07, 6.45) is 3.31. The number of carboxylic acid groups (broad SMARTS) is 1. The van der Waals surface area contributed by atoms with Crippen LogP contribution in [0.3, 0.4) is 0 Å². The van der Waals surface area contributed by atoms with Crippen molar-refractivity contribution in [2.75, 3.05) is 13.1 Å². The van der Waals surface area contributed by atoms with Crippen LogP contribution < -0.4 is 0 Å². The lowest BCUT2D eigenvalue weighted by molar-refractivity contribution is -0.138. The Labute approximate surface area is 99.7 Å². The number of piperidine rings is 1. The zero-order valence-corrected chi connectivity index (χ0v) is 9.97. The molecule has 0 amide bonds. The standard InChI is InChI=1S/C10H15Cl2NO2/c11-6-8(12)7-13-4-2-1-3-9(13)5-10(14)15/h6,9H,1-5,7H2,(H,14,15). The van der Waals surface area contributed by atoms with Crippen LogP contribution in [0.4, 0.5) is 0 Å². The van der Waals surface area contributed by atoms with E-state index in [1.165, 1.54) is 5.54 Å². The molecule has 0 aromatic carbocycles. The summed E-state index contributed by atoms with van der Waals surface area (Å²) in [5, 5.41) is 9.34. The van der Waals surface area contributed by atoms with E-state index in [4.69, 9.17) is 28.3 Å². The molecule has 1 atom stereocenters. The van der Waals surface area contributed by atoms with Crippen LogP contribution in [0.2, 0.25) is 0 Å². The van der Waals surface area contributed by atoms with Crippen molar-refractivity contribution in [3.8, 4) is 0 Å². The molecule has 86 valence electrons. The summed E-state index contributed by atoms with van der Waals surface area (Å²) < 4.78 is 0. The van der Waals surface area contributed by atoms with E-state index in [2.05, 4.69) is 4.90 Å². The summed E-state index contributed by atoms with van der Waals surface area (Å²) in [5.74, 6) is -0.752. The molecule has 0 aromatic rings. The largest absolute Gasteiger partial charge is 0.481 e. The van der Waals surface area contributed by atoms with Gasteiger partial charge in [0.1, 0.15) is 0 Å². The van der Waals surface area contributed by atoms with Crippen LogP contribution in [0.1, 0.15) is 25.7 Å². The summed E-state index contributed by atoms with van der Waals surface area (Å²) >= 11 is 11.3. The van der Waals surface area contributed by atoms with Crippen molar-refractivity contribution in [3.63, 3.8) is 0 Å². The van der Waals surface area contributed by atoms with Gasteiger partial charge >= 0.3 is 5.97 Å². The van der Waals surface area contributed by atoms with Gasteiger partial charge in [0, 0.05) is 23.2 Å². The minimum atomic E-state index is -0.752. The van der Waals surface area contributed by atoms with Gasteiger partial charge in [0.05, 0.1) is 6.42 Å². The molecule has 0 spiro atoms. The molecular formula is C10H15Cl2NO2. The first-order valence-electron chi connectivity index (χ1n) is 5.04. The summed E-state index contributed by atoms with van der Waals surface area (Å²) in [7, 11) is 0. The van der Waals surface area contributed by atoms with Crippen LogP contribution in [-0.2, 0) is 4.79 Å². The number of hydrogen-bond donors (Lipinski definition) is 1. The Kier molecular flexibility index (Phi) is 5.43. The quantitative estimate of drug-likeness (QED) is 0.836. The van der Waals surface area contributed by atoms with Gasteiger partial charge in [-0.1, -0.05) is 29.6 Å². The highest BCUT2D eigenvalue weighted by Crippen LogP contribution is 2.21. The maximum absolute atomic E-state index is 10.7. The Bertz CT molecular complexity index is 256. The van der Waals surface area contributed by atoms with Gasteiger partial charge in [-0.05, 0) is 19.4 Å². The molecule has 5 heteroatoms. The molecule has 3 nitrogen and oxygen atoms in total. The maximum atomic E-state index is 10.7. The molecule has 0 saturated carbocycles. The van der Waals surface area contributed by atoms with Crippen molar-refractivity contribution in [3.05, 3.63) is 10.6 Å². The molecule has 0 bridgehead atoms. The van der Waals surface area contributed by atoms with E-state index < -0.39 is 5.97 Å². The molecule has 1 N–H and O–H groups in total. The van der Waals surface area contributed by atoms with Crippen molar-refractivity contribution < 1.29 is 9.90 Å². The van der Waals surface area contributed by atoms with Gasteiger partial charge in [-0.3, -0.25) is 9.69 Å². The van der Waals surface area contributed by atoms with Crippen molar-refractivity contribution in [1.29, 1.82) is 0 Å². The summed E-state index contributed by atoms with van der Waals surface area (Å²) in [4.78, 5) is 12.8. The Morgan fingerprint density at radius 2 is 2.27 bits per heavy atom. The van der Waals surface area contributed by atoms with Gasteiger partial charge in [-0.25, -0.2) is 0 Å². The molecule has 0 aromatic heterocycles. The van der Waals surface area contributed by atoms with Crippen molar-refractivity contribution >= 4 is 29.2 Å². The molecular weight excluding hydrogens is 237 g/mol. The molecule has 15 heavy (non-hydrogen) atoms. The molecule has 1 heterocycles. The molecule has 1 unspecified atom stereocenters. The van der Waals surface area contributed by atoms with E-state index in [9.17, 15) is 4.79 Å². The first-order valence-corrected chi connectivity index (χ1v) is 5.85. The molecule has 1 aliphatic heterocycles. The molecule has 1 rings (SSSR count). The second-order valence-corrected chi connectivity index (χ2v) is 4.48. The number of halogens is 2. The Morgan fingerprint density at radius 3 is 2.87 bits per heavy atom. The van der Waals surface area contributed by atoms with Crippen LogP contribution in [-0.4, -0.2) is 35.1 Å². The van der Waals surface area contributed by atoms with Crippen molar-refractivity contribution in [1.82, 2.24) is 4.90 Å². The lowest BCUT2D eigenvalue weighted by Gasteiger charge is -2.34. The zero-order chi connectivity index (χ0) is 11.3. The highest BCUT2D eigenvalue weighted by atomic mass is 35.5. The number of hydrogen-bond acceptors (Lipinski definition) is 2. The normalized spacial score (nSPS) is 24.1. The number of rotatable bonds is 4. The molecule has 1 aliphatic rings. The summed E-state index contributed by atoms with van der Waals surface area (Å²) in [5.41, 5.74) is 1.34. The van der Waals surface area contributed by atoms with Gasteiger partial charge in [-0.15, -0.1) is 0 Å². The van der Waals surface area contributed by atoms with Crippen LogP contribution in [0.25, 0.3) is 0 Å². The van der Waals surface area contributed by atoms with Crippen LogP contribution in [0, 0.1) is 0 Å². The molecule has 1 fully saturated rings. The molecule has 1 saturated heterocycles. The lowest BCUT2D eigenvalue weighted by Crippen LogP contribution is -2.41. The van der Waals surface area contributed by atoms with Crippen LogP contribution in [0.5, 0.6) is 0 Å². The molecule has 0 aliphatic carbocycles. The maximum Gasteiger partial charge on any atom is 0.304 e. The third kappa shape index (κ3) is 4.41. The van der Waals surface area contributed by atoms with E-state index in [1.54, 1.807) is 0 Å². The lowest BCUT2D eigenvalue weighted by atomic mass is 9.99. The Hall–Kier alpha value is -0.250. The van der Waals surface area contributed by atoms with E-state index in [0.717, 1.165) is 25.8 Å². The van der Waals surface area contributed by atoms with Gasteiger partial charge in [0.2, 0.25) is 0 Å². The first kappa shape index (κ1) is 12.8. The highest BCUT2D eigenvalue weighted by molar-refractivity contribution is 6.36. The van der Waals surface area contributed by atoms with E-state index in [-0.39, 0.29) is 12.5 Å². The SMILES string of the molecule is O=C(O)CC1CCCCN1CC(Cl)=CCl. The average Bonchev–Trinajstić information content (AvgIpc) is 2.20. The third-order valence-corrected chi connectivity index (χ3v) is 3.24. The minimum Gasteiger partial charge on any atom is -0.481 e. The minimum absolute atomic E-state index is 0.0987. The van der Waals surface area contributed by atoms with Gasteiger partial charge in [0.25, 0.3) is 0 Å². The first-order chi connectivity index (χ1) is 7.13. The Morgan fingerprint density at radius 1 is 1.53 bits per heavy atom.